The molecule has 0 saturated carbocycles. The van der Waals surface area contributed by atoms with E-state index in [1.807, 2.05) is 109 Å². The van der Waals surface area contributed by atoms with E-state index >= 15 is 0 Å². The van der Waals surface area contributed by atoms with Crippen LogP contribution in [0.4, 0.5) is 11.4 Å². The maximum Gasteiger partial charge on any atom is 0.260 e. The van der Waals surface area contributed by atoms with E-state index in [0.717, 1.165) is 58.3 Å². The van der Waals surface area contributed by atoms with Crippen LogP contribution in [0.1, 0.15) is 131 Å². The highest BCUT2D eigenvalue weighted by Crippen LogP contribution is 2.37. The summed E-state index contributed by atoms with van der Waals surface area (Å²) >= 11 is 0. The standard InChI is InChI=1S/C28H28N2O.C16H11NO2.C12H19N.C4H8O/c1-19(2)23-16-11-17-24(20(3)4)27(23)29-18-25-30-26(21-12-7-5-8-13-21)28(31-25)22-14-9-6-10-15-22;18-11-14-17-15(12-7-3-1-4-8-12)16(19-14)13-9-5-2-6-10-13;1-8(2)10-6-5-7-11(9(3)4)12(10)13;1-2-4-5-3-1/h5-20H,1-4H3;1-11H;5-9H,13H2,1-4H3;1-4H2. The minimum atomic E-state index is 0.0951. The first-order valence-electron chi connectivity index (χ1n) is 23.8. The zero-order valence-corrected chi connectivity index (χ0v) is 40.9. The molecule has 1 aliphatic rings. The molecule has 0 spiro atoms. The Hall–Kier alpha value is -7.16. The van der Waals surface area contributed by atoms with Crippen molar-refractivity contribution in [1.29, 1.82) is 0 Å². The fourth-order valence-corrected chi connectivity index (χ4v) is 7.83. The first-order valence-corrected chi connectivity index (χ1v) is 23.8. The van der Waals surface area contributed by atoms with Crippen molar-refractivity contribution in [3.05, 3.63) is 192 Å². The number of nitrogen functional groups attached to an aromatic ring is 1. The van der Waals surface area contributed by atoms with Gasteiger partial charge in [-0.2, -0.15) is 0 Å². The summed E-state index contributed by atoms with van der Waals surface area (Å²) in [4.78, 5) is 24.8. The third-order valence-electron chi connectivity index (χ3n) is 11.4. The van der Waals surface area contributed by atoms with Gasteiger partial charge in [0.1, 0.15) is 11.4 Å². The van der Waals surface area contributed by atoms with E-state index in [4.69, 9.17) is 29.3 Å². The van der Waals surface area contributed by atoms with Crippen LogP contribution in [0.5, 0.6) is 0 Å². The molecule has 9 rings (SSSR count). The Labute approximate surface area is 403 Å². The van der Waals surface area contributed by atoms with Crippen LogP contribution in [0.25, 0.3) is 45.2 Å². The number of aromatic nitrogens is 2. The molecule has 1 saturated heterocycles. The molecular formula is C60H66N4O4. The van der Waals surface area contributed by atoms with Crippen molar-refractivity contribution in [3.8, 4) is 45.2 Å². The number of aldehydes is 1. The van der Waals surface area contributed by atoms with Crippen molar-refractivity contribution in [2.24, 2.45) is 4.99 Å². The van der Waals surface area contributed by atoms with Gasteiger partial charge < -0.3 is 19.3 Å². The van der Waals surface area contributed by atoms with Crippen LogP contribution in [0.2, 0.25) is 0 Å². The maximum atomic E-state index is 10.9. The van der Waals surface area contributed by atoms with Gasteiger partial charge in [-0.25, -0.2) is 9.97 Å². The fraction of sp³-hybridized carbons (Fsp3) is 0.267. The molecule has 0 atom stereocenters. The molecule has 2 N–H and O–H groups in total. The monoisotopic (exact) mass is 907 g/mol. The number of aliphatic imine (C=N–C) groups is 1. The molecule has 0 radical (unpaired) electrons. The van der Waals surface area contributed by atoms with Gasteiger partial charge in [-0.15, -0.1) is 0 Å². The number of hydrogen-bond donors (Lipinski definition) is 1. The number of carbonyl (C=O) groups excluding carboxylic acids is 1. The third-order valence-corrected chi connectivity index (χ3v) is 11.4. The molecule has 3 heterocycles. The summed E-state index contributed by atoms with van der Waals surface area (Å²) < 4.78 is 16.7. The minimum absolute atomic E-state index is 0.0951. The van der Waals surface area contributed by atoms with Crippen LogP contribution in [0.15, 0.2) is 172 Å². The summed E-state index contributed by atoms with van der Waals surface area (Å²) in [6, 6.07) is 52.3. The smallest absolute Gasteiger partial charge is 0.260 e. The zero-order chi connectivity index (χ0) is 48.4. The first-order chi connectivity index (χ1) is 33.0. The number of benzene rings is 6. The molecule has 2 aromatic heterocycles. The topological polar surface area (TPSA) is 117 Å². The number of ether oxygens (including phenoxy) is 1. The van der Waals surface area contributed by atoms with Gasteiger partial charge >= 0.3 is 0 Å². The van der Waals surface area contributed by atoms with Gasteiger partial charge in [0.25, 0.3) is 5.89 Å². The Kier molecular flexibility index (Phi) is 18.6. The largest absolute Gasteiger partial charge is 0.435 e. The molecular weight excluding hydrogens is 841 g/mol. The van der Waals surface area contributed by atoms with Crippen LogP contribution < -0.4 is 5.73 Å². The van der Waals surface area contributed by atoms with Crippen LogP contribution in [0, 0.1) is 0 Å². The summed E-state index contributed by atoms with van der Waals surface area (Å²) in [5, 5.41) is 0. The number of oxazole rings is 2. The maximum absolute atomic E-state index is 10.9. The molecule has 0 unspecified atom stereocenters. The Bertz CT molecular complexity index is 2610. The predicted octanol–water partition coefficient (Wildman–Crippen LogP) is 16.1. The second-order valence-corrected chi connectivity index (χ2v) is 17.9. The quantitative estimate of drug-likeness (QED) is 0.0780. The van der Waals surface area contributed by atoms with Crippen molar-refractivity contribution in [2.75, 3.05) is 18.9 Å². The van der Waals surface area contributed by atoms with Gasteiger partial charge in [0, 0.05) is 41.2 Å². The van der Waals surface area contributed by atoms with Crippen LogP contribution >= 0.6 is 0 Å². The van der Waals surface area contributed by atoms with Gasteiger partial charge in [-0.1, -0.05) is 213 Å². The zero-order valence-electron chi connectivity index (χ0n) is 40.9. The molecule has 0 amide bonds. The lowest BCUT2D eigenvalue weighted by Crippen LogP contribution is -2.02. The molecule has 8 nitrogen and oxygen atoms in total. The van der Waals surface area contributed by atoms with Crippen LogP contribution in [-0.4, -0.2) is 35.7 Å². The van der Waals surface area contributed by atoms with Gasteiger partial charge in [-0.3, -0.25) is 9.79 Å². The van der Waals surface area contributed by atoms with E-state index in [1.54, 1.807) is 6.21 Å². The van der Waals surface area contributed by atoms with Crippen molar-refractivity contribution in [3.63, 3.8) is 0 Å². The molecule has 0 bridgehead atoms. The summed E-state index contributed by atoms with van der Waals surface area (Å²) in [5.74, 6) is 3.77. The summed E-state index contributed by atoms with van der Waals surface area (Å²) in [6.45, 7) is 19.5. The lowest BCUT2D eigenvalue weighted by molar-refractivity contribution is 0.109. The Morgan fingerprint density at radius 2 is 0.824 bits per heavy atom. The average Bonchev–Trinajstić information content (AvgIpc) is 4.18. The van der Waals surface area contributed by atoms with E-state index < -0.39 is 0 Å². The van der Waals surface area contributed by atoms with E-state index in [1.165, 1.54) is 35.1 Å². The van der Waals surface area contributed by atoms with Gasteiger partial charge in [0.2, 0.25) is 12.2 Å². The second-order valence-electron chi connectivity index (χ2n) is 17.9. The Morgan fingerprint density at radius 3 is 1.18 bits per heavy atom. The van der Waals surface area contributed by atoms with Gasteiger partial charge in [0.15, 0.2) is 11.5 Å². The third kappa shape index (κ3) is 13.5. The lowest BCUT2D eigenvalue weighted by atomic mass is 9.93. The average molecular weight is 907 g/mol. The fourth-order valence-electron chi connectivity index (χ4n) is 7.83. The number of nitrogens with zero attached hydrogens (tertiary/aromatic N) is 3. The molecule has 68 heavy (non-hydrogen) atoms. The summed E-state index contributed by atoms with van der Waals surface area (Å²) in [6.07, 6.45) is 4.94. The van der Waals surface area contributed by atoms with Crippen molar-refractivity contribution in [2.45, 2.75) is 91.9 Å². The van der Waals surface area contributed by atoms with Crippen LogP contribution in [-0.2, 0) is 4.74 Å². The summed E-state index contributed by atoms with van der Waals surface area (Å²) in [5.41, 5.74) is 18.5. The van der Waals surface area contributed by atoms with Crippen molar-refractivity contribution < 1.29 is 18.4 Å². The minimum Gasteiger partial charge on any atom is -0.435 e. The van der Waals surface area contributed by atoms with Crippen LogP contribution in [0.3, 0.4) is 0 Å². The Morgan fingerprint density at radius 1 is 0.471 bits per heavy atom. The molecule has 8 heteroatoms. The van der Waals surface area contributed by atoms with Crippen molar-refractivity contribution in [1.82, 2.24) is 9.97 Å². The summed E-state index contributed by atoms with van der Waals surface area (Å²) in [7, 11) is 0. The molecule has 350 valence electrons. The first kappa shape index (κ1) is 50.3. The predicted molar refractivity (Wildman–Crippen MR) is 281 cm³/mol. The molecule has 8 aromatic rings. The van der Waals surface area contributed by atoms with E-state index in [-0.39, 0.29) is 5.89 Å². The normalized spacial score (nSPS) is 12.1. The van der Waals surface area contributed by atoms with Crippen molar-refractivity contribution >= 4 is 23.9 Å². The second kappa shape index (κ2) is 25.1. The molecule has 0 aliphatic carbocycles. The number of para-hydroxylation sites is 2. The number of rotatable bonds is 11. The highest BCUT2D eigenvalue weighted by atomic mass is 16.5. The number of nitrogens with two attached hydrogens (primary N) is 1. The number of hydrogen-bond acceptors (Lipinski definition) is 8. The Balaban J connectivity index is 0.000000173. The molecule has 6 aromatic carbocycles. The van der Waals surface area contributed by atoms with Gasteiger partial charge in [-0.05, 0) is 58.8 Å². The van der Waals surface area contributed by atoms with E-state index in [9.17, 15) is 4.79 Å². The SMILES string of the molecule is C1CCOC1.CC(C)c1cccc(C(C)C)c1N.CC(C)c1cccc(C(C)C)c1N=Cc1nc(-c2ccccc2)c(-c2ccccc2)o1.O=Cc1nc(-c2ccccc2)c(-c2ccccc2)o1. The van der Waals surface area contributed by atoms with E-state index in [0.29, 0.717) is 47.3 Å². The highest BCUT2D eigenvalue weighted by molar-refractivity contribution is 5.84. The molecule has 1 aliphatic heterocycles. The van der Waals surface area contributed by atoms with Gasteiger partial charge in [0.05, 0.1) is 11.9 Å². The number of anilines is 1. The molecule has 1 fully saturated rings. The highest BCUT2D eigenvalue weighted by Gasteiger charge is 2.19. The number of carbonyl (C=O) groups is 1. The lowest BCUT2D eigenvalue weighted by Gasteiger charge is -2.15. The van der Waals surface area contributed by atoms with E-state index in [2.05, 4.69) is 109 Å².